The first-order valence-corrected chi connectivity index (χ1v) is 10.3. The van der Waals surface area contributed by atoms with E-state index < -0.39 is 40.6 Å². The van der Waals surface area contributed by atoms with Crippen LogP contribution in [0.25, 0.3) is 0 Å². The molecule has 0 N–H and O–H groups in total. The Morgan fingerprint density at radius 3 is 2.03 bits per heavy atom. The molecule has 2 heterocycles. The lowest BCUT2D eigenvalue weighted by atomic mass is 9.79. The van der Waals surface area contributed by atoms with Gasteiger partial charge in [0.1, 0.15) is 16.9 Å². The largest absolute Gasteiger partial charge is 0.471 e. The number of carbonyl (C=O) groups excluding carboxylic acids is 4. The number of carbonyl (C=O) groups is 4. The van der Waals surface area contributed by atoms with Gasteiger partial charge in [0.15, 0.2) is 0 Å². The zero-order valence-electron chi connectivity index (χ0n) is 18.6. The zero-order chi connectivity index (χ0) is 23.6. The molecule has 3 rings (SSSR count). The number of para-hydroxylation sites is 1. The maximum atomic E-state index is 13.6. The Morgan fingerprint density at radius 2 is 1.44 bits per heavy atom. The maximum Gasteiger partial charge on any atom is 0.342 e. The summed E-state index contributed by atoms with van der Waals surface area (Å²) in [6.45, 7) is 6.18. The molecule has 0 saturated carbocycles. The summed E-state index contributed by atoms with van der Waals surface area (Å²) in [4.78, 5) is 54.1. The van der Waals surface area contributed by atoms with Gasteiger partial charge in [-0.15, -0.1) is 0 Å². The topological polar surface area (TPSA) is 108 Å². The molecule has 2 aliphatic heterocycles. The molecule has 0 radical (unpaired) electrons. The summed E-state index contributed by atoms with van der Waals surface area (Å²) in [6, 6.07) is 6.74. The Balaban J connectivity index is 2.44. The summed E-state index contributed by atoms with van der Waals surface area (Å²) < 4.78 is 21.6. The van der Waals surface area contributed by atoms with Crippen molar-refractivity contribution in [1.29, 1.82) is 0 Å². The van der Waals surface area contributed by atoms with Crippen LogP contribution in [0, 0.1) is 0 Å². The SMILES string of the molecule is CCOC(=O)C1=C(C)OC2(C(=O)N(C)c3ccccc32)C(C(=O)OCC)=C1C(=O)OCC. The van der Waals surface area contributed by atoms with Crippen molar-refractivity contribution in [3.05, 3.63) is 52.3 Å². The normalized spacial score (nSPS) is 19.7. The Labute approximate surface area is 185 Å². The first kappa shape index (κ1) is 23.1. The van der Waals surface area contributed by atoms with E-state index in [4.69, 9.17) is 18.9 Å². The van der Waals surface area contributed by atoms with Gasteiger partial charge in [0, 0.05) is 12.6 Å². The lowest BCUT2D eigenvalue weighted by molar-refractivity contribution is -0.150. The Hall–Kier alpha value is -3.62. The summed E-state index contributed by atoms with van der Waals surface area (Å²) in [5.74, 6) is -3.45. The number of benzene rings is 1. The van der Waals surface area contributed by atoms with E-state index in [0.717, 1.165) is 0 Å². The standard InChI is InChI=1S/C23H25NO8/c1-6-29-19(25)16-13(4)32-23(14-11-9-10-12-15(14)24(5)22(23)28)18(21(27)31-8-3)17(16)20(26)30-7-2/h9-12H,6-8H2,1-5H3. The summed E-state index contributed by atoms with van der Waals surface area (Å²) in [5.41, 5.74) is -2.26. The van der Waals surface area contributed by atoms with Crippen LogP contribution in [0.15, 0.2) is 46.7 Å². The Morgan fingerprint density at radius 1 is 0.906 bits per heavy atom. The van der Waals surface area contributed by atoms with Crippen LogP contribution in [0.3, 0.4) is 0 Å². The molecular formula is C23H25NO8. The van der Waals surface area contributed by atoms with E-state index in [0.29, 0.717) is 11.3 Å². The van der Waals surface area contributed by atoms with Gasteiger partial charge in [-0.05, 0) is 33.8 Å². The average Bonchev–Trinajstić information content (AvgIpc) is 2.96. The van der Waals surface area contributed by atoms with Crippen LogP contribution in [0.4, 0.5) is 5.69 Å². The molecule has 1 atom stereocenters. The minimum absolute atomic E-state index is 0.0219. The van der Waals surface area contributed by atoms with E-state index in [2.05, 4.69) is 0 Å². The number of esters is 3. The van der Waals surface area contributed by atoms with Crippen LogP contribution in [0.2, 0.25) is 0 Å². The molecule has 2 aliphatic rings. The van der Waals surface area contributed by atoms with Gasteiger partial charge in [-0.2, -0.15) is 0 Å². The van der Waals surface area contributed by atoms with Crippen molar-refractivity contribution >= 4 is 29.5 Å². The van der Waals surface area contributed by atoms with E-state index in [1.54, 1.807) is 45.0 Å². The van der Waals surface area contributed by atoms with Crippen molar-refractivity contribution in [2.45, 2.75) is 33.3 Å². The molecule has 1 unspecified atom stereocenters. The minimum Gasteiger partial charge on any atom is -0.471 e. The zero-order valence-corrected chi connectivity index (χ0v) is 18.6. The van der Waals surface area contributed by atoms with E-state index in [1.807, 2.05) is 0 Å². The Kier molecular flexibility index (Phi) is 6.38. The quantitative estimate of drug-likeness (QED) is 0.486. The predicted molar refractivity (Wildman–Crippen MR) is 112 cm³/mol. The molecule has 0 saturated heterocycles. The highest BCUT2D eigenvalue weighted by Gasteiger charge is 2.62. The predicted octanol–water partition coefficient (Wildman–Crippen LogP) is 2.15. The van der Waals surface area contributed by atoms with Gasteiger partial charge in [-0.3, -0.25) is 4.79 Å². The van der Waals surface area contributed by atoms with Crippen LogP contribution >= 0.6 is 0 Å². The monoisotopic (exact) mass is 443 g/mol. The second kappa shape index (κ2) is 8.86. The van der Waals surface area contributed by atoms with Gasteiger partial charge < -0.3 is 23.8 Å². The first-order chi connectivity index (χ1) is 15.3. The minimum atomic E-state index is -2.01. The van der Waals surface area contributed by atoms with Crippen molar-refractivity contribution < 1.29 is 38.1 Å². The molecule has 1 aromatic rings. The molecule has 0 fully saturated rings. The number of hydrogen-bond donors (Lipinski definition) is 0. The van der Waals surface area contributed by atoms with Crippen molar-refractivity contribution in [1.82, 2.24) is 0 Å². The van der Waals surface area contributed by atoms with Gasteiger partial charge >= 0.3 is 17.9 Å². The number of allylic oxidation sites excluding steroid dienone is 1. The molecule has 1 amide bonds. The second-order valence-corrected chi connectivity index (χ2v) is 7.01. The summed E-state index contributed by atoms with van der Waals surface area (Å²) in [7, 11) is 1.53. The van der Waals surface area contributed by atoms with Crippen molar-refractivity contribution in [3.8, 4) is 0 Å². The van der Waals surface area contributed by atoms with Crippen LogP contribution in [0.1, 0.15) is 33.3 Å². The average molecular weight is 443 g/mol. The molecule has 0 bridgehead atoms. The number of hydrogen-bond acceptors (Lipinski definition) is 8. The molecule has 1 spiro atoms. The smallest absolute Gasteiger partial charge is 0.342 e. The number of amides is 1. The van der Waals surface area contributed by atoms with Gasteiger partial charge in [0.25, 0.3) is 5.91 Å². The first-order valence-electron chi connectivity index (χ1n) is 10.3. The van der Waals surface area contributed by atoms with E-state index in [9.17, 15) is 19.2 Å². The molecule has 32 heavy (non-hydrogen) atoms. The third kappa shape index (κ3) is 3.34. The number of nitrogens with zero attached hydrogens (tertiary/aromatic N) is 1. The number of anilines is 1. The Bertz CT molecular complexity index is 1050. The third-order valence-electron chi connectivity index (χ3n) is 5.20. The van der Waals surface area contributed by atoms with Crippen LogP contribution in [-0.2, 0) is 43.7 Å². The highest BCUT2D eigenvalue weighted by Crippen LogP contribution is 2.52. The molecule has 9 heteroatoms. The molecule has 1 aromatic carbocycles. The van der Waals surface area contributed by atoms with E-state index in [-0.39, 0.29) is 31.2 Å². The maximum absolute atomic E-state index is 13.6. The third-order valence-corrected chi connectivity index (χ3v) is 5.20. The lowest BCUT2D eigenvalue weighted by Gasteiger charge is -2.36. The van der Waals surface area contributed by atoms with Gasteiger partial charge in [0.05, 0.1) is 31.1 Å². The van der Waals surface area contributed by atoms with Crippen molar-refractivity contribution in [2.24, 2.45) is 0 Å². The molecular weight excluding hydrogens is 418 g/mol. The molecule has 0 aliphatic carbocycles. The number of fused-ring (bicyclic) bond motifs is 2. The fourth-order valence-electron chi connectivity index (χ4n) is 3.98. The summed E-state index contributed by atoms with van der Waals surface area (Å²) in [5, 5.41) is 0. The van der Waals surface area contributed by atoms with Crippen LogP contribution in [0.5, 0.6) is 0 Å². The second-order valence-electron chi connectivity index (χ2n) is 7.01. The summed E-state index contributed by atoms with van der Waals surface area (Å²) >= 11 is 0. The van der Waals surface area contributed by atoms with Crippen molar-refractivity contribution in [2.75, 3.05) is 31.8 Å². The number of rotatable bonds is 6. The molecule has 0 aromatic heterocycles. The lowest BCUT2D eigenvalue weighted by Crippen LogP contribution is -2.48. The molecule has 170 valence electrons. The summed E-state index contributed by atoms with van der Waals surface area (Å²) in [6.07, 6.45) is 0. The number of likely N-dealkylation sites (N-methyl/N-ethyl adjacent to an activating group) is 1. The van der Waals surface area contributed by atoms with Crippen molar-refractivity contribution in [3.63, 3.8) is 0 Å². The fraction of sp³-hybridized carbons (Fsp3) is 0.391. The number of ether oxygens (including phenoxy) is 4. The molecule has 9 nitrogen and oxygen atoms in total. The van der Waals surface area contributed by atoms with Gasteiger partial charge in [-0.25, -0.2) is 14.4 Å². The van der Waals surface area contributed by atoms with Crippen LogP contribution in [-0.4, -0.2) is 50.7 Å². The highest BCUT2D eigenvalue weighted by atomic mass is 16.6. The van der Waals surface area contributed by atoms with Crippen LogP contribution < -0.4 is 4.90 Å². The van der Waals surface area contributed by atoms with E-state index in [1.165, 1.54) is 18.9 Å². The fourth-order valence-corrected chi connectivity index (χ4v) is 3.98. The van der Waals surface area contributed by atoms with Gasteiger partial charge in [0.2, 0.25) is 5.60 Å². The highest BCUT2D eigenvalue weighted by molar-refractivity contribution is 6.20. The van der Waals surface area contributed by atoms with E-state index >= 15 is 0 Å². The van der Waals surface area contributed by atoms with Gasteiger partial charge in [-0.1, -0.05) is 18.2 Å².